The third-order valence-electron chi connectivity index (χ3n) is 3.83. The summed E-state index contributed by atoms with van der Waals surface area (Å²) >= 11 is 0. The molecule has 2 bridgehead atoms. The Morgan fingerprint density at radius 1 is 1.25 bits per heavy atom. The minimum Gasteiger partial charge on any atom is -0.480 e. The quantitative estimate of drug-likeness (QED) is 0.856. The van der Waals surface area contributed by atoms with Crippen molar-refractivity contribution >= 4 is 12.1 Å². The van der Waals surface area contributed by atoms with Crippen molar-refractivity contribution in [2.45, 2.75) is 25.1 Å². The van der Waals surface area contributed by atoms with E-state index in [2.05, 4.69) is 0 Å². The molecule has 0 aromatic heterocycles. The van der Waals surface area contributed by atoms with Gasteiger partial charge >= 0.3 is 12.1 Å². The minimum absolute atomic E-state index is 0.0956. The van der Waals surface area contributed by atoms with Gasteiger partial charge in [-0.05, 0) is 12.0 Å². The lowest BCUT2D eigenvalue weighted by molar-refractivity contribution is -0.143. The van der Waals surface area contributed by atoms with Crippen LogP contribution in [0.3, 0.4) is 0 Å². The number of hydrogen-bond acceptors (Lipinski definition) is 3. The molecular formula is C15H15NO4. The van der Waals surface area contributed by atoms with Crippen molar-refractivity contribution in [3.63, 3.8) is 0 Å². The van der Waals surface area contributed by atoms with Gasteiger partial charge in [0.25, 0.3) is 0 Å². The first kappa shape index (κ1) is 12.7. The predicted octanol–water partition coefficient (Wildman–Crippen LogP) is 2.04. The Morgan fingerprint density at radius 2 is 2.00 bits per heavy atom. The van der Waals surface area contributed by atoms with Crippen LogP contribution in [-0.2, 0) is 16.1 Å². The molecular weight excluding hydrogens is 258 g/mol. The van der Waals surface area contributed by atoms with Crippen molar-refractivity contribution in [3.05, 3.63) is 48.0 Å². The molecule has 5 heteroatoms. The van der Waals surface area contributed by atoms with Gasteiger partial charge in [0.15, 0.2) is 0 Å². The average molecular weight is 273 g/mol. The van der Waals surface area contributed by atoms with Gasteiger partial charge in [0.1, 0.15) is 12.6 Å². The van der Waals surface area contributed by atoms with Gasteiger partial charge in [0.2, 0.25) is 0 Å². The van der Waals surface area contributed by atoms with Gasteiger partial charge < -0.3 is 9.84 Å². The molecule has 2 aliphatic rings. The largest absolute Gasteiger partial charge is 0.480 e. The number of likely N-dealkylation sites (tertiary alicyclic amines) is 1. The summed E-state index contributed by atoms with van der Waals surface area (Å²) in [6.45, 7) is 0.156. The second kappa shape index (κ2) is 5.00. The second-order valence-corrected chi connectivity index (χ2v) is 5.08. The van der Waals surface area contributed by atoms with Gasteiger partial charge in [-0.15, -0.1) is 0 Å². The van der Waals surface area contributed by atoms with E-state index >= 15 is 0 Å². The summed E-state index contributed by atoms with van der Waals surface area (Å²) in [4.78, 5) is 24.8. The SMILES string of the molecule is O=C(O)[C@@H]1[C@H]2C=C[C@@H](C2)N1C(=O)OCc1ccccc1. The lowest BCUT2D eigenvalue weighted by Gasteiger charge is -2.28. The molecule has 104 valence electrons. The Hall–Kier alpha value is -2.30. The van der Waals surface area contributed by atoms with Crippen LogP contribution >= 0.6 is 0 Å². The first-order chi connectivity index (χ1) is 9.66. The molecule has 1 fully saturated rings. The number of carboxylic acid groups (broad SMARTS) is 1. The van der Waals surface area contributed by atoms with E-state index in [1.807, 2.05) is 42.5 Å². The molecule has 1 aliphatic carbocycles. The van der Waals surface area contributed by atoms with E-state index in [1.165, 1.54) is 4.90 Å². The normalized spacial score (nSPS) is 26.8. The Labute approximate surface area is 116 Å². The Morgan fingerprint density at radius 3 is 2.70 bits per heavy atom. The number of rotatable bonds is 3. The van der Waals surface area contributed by atoms with E-state index in [0.717, 1.165) is 5.56 Å². The van der Waals surface area contributed by atoms with E-state index < -0.39 is 18.1 Å². The maximum Gasteiger partial charge on any atom is 0.411 e. The summed E-state index contributed by atoms with van der Waals surface area (Å²) in [6.07, 6.45) is 3.88. The van der Waals surface area contributed by atoms with Crippen molar-refractivity contribution in [3.8, 4) is 0 Å². The van der Waals surface area contributed by atoms with E-state index in [0.29, 0.717) is 6.42 Å². The first-order valence-electron chi connectivity index (χ1n) is 6.57. The fraction of sp³-hybridized carbons (Fsp3) is 0.333. The Balaban J connectivity index is 1.68. The molecule has 0 unspecified atom stereocenters. The lowest BCUT2D eigenvalue weighted by Crippen LogP contribution is -2.47. The molecule has 3 atom stereocenters. The smallest absolute Gasteiger partial charge is 0.411 e. The molecule has 0 radical (unpaired) electrons. The molecule has 0 saturated carbocycles. The van der Waals surface area contributed by atoms with Crippen molar-refractivity contribution in [1.82, 2.24) is 4.90 Å². The van der Waals surface area contributed by atoms with Gasteiger partial charge in [-0.25, -0.2) is 9.59 Å². The topological polar surface area (TPSA) is 66.8 Å². The number of carbonyl (C=O) groups is 2. The fourth-order valence-corrected chi connectivity index (χ4v) is 2.90. The van der Waals surface area contributed by atoms with Gasteiger partial charge in [-0.1, -0.05) is 42.5 Å². The summed E-state index contributed by atoms with van der Waals surface area (Å²) < 4.78 is 5.23. The molecule has 0 spiro atoms. The standard InChI is InChI=1S/C15H15NO4/c17-14(18)13-11-6-7-12(8-11)16(13)15(19)20-9-10-4-2-1-3-5-10/h1-7,11-13H,8-9H2,(H,17,18)/t11-,12-,13-/m0/s1. The van der Waals surface area contributed by atoms with Crippen LogP contribution < -0.4 is 0 Å². The number of fused-ring (bicyclic) bond motifs is 2. The highest BCUT2D eigenvalue weighted by atomic mass is 16.6. The fourth-order valence-electron chi connectivity index (χ4n) is 2.90. The molecule has 3 rings (SSSR count). The third-order valence-corrected chi connectivity index (χ3v) is 3.83. The number of carboxylic acids is 1. The maximum absolute atomic E-state index is 12.1. The van der Waals surface area contributed by atoms with Crippen molar-refractivity contribution in [2.24, 2.45) is 5.92 Å². The Kier molecular flexibility index (Phi) is 3.18. The Bertz CT molecular complexity index is 554. The van der Waals surface area contributed by atoms with Crippen LogP contribution in [0.15, 0.2) is 42.5 Å². The number of aliphatic carboxylic acids is 1. The lowest BCUT2D eigenvalue weighted by atomic mass is 10.0. The number of nitrogens with zero attached hydrogens (tertiary/aromatic N) is 1. The van der Waals surface area contributed by atoms with Gasteiger partial charge in [-0.2, -0.15) is 0 Å². The number of benzene rings is 1. The molecule has 1 N–H and O–H groups in total. The van der Waals surface area contributed by atoms with E-state index in [4.69, 9.17) is 4.74 Å². The molecule has 5 nitrogen and oxygen atoms in total. The third kappa shape index (κ3) is 2.15. The molecule has 1 aromatic carbocycles. The highest BCUT2D eigenvalue weighted by molar-refractivity contribution is 5.82. The van der Waals surface area contributed by atoms with E-state index in [-0.39, 0.29) is 18.6 Å². The van der Waals surface area contributed by atoms with Gasteiger partial charge in [-0.3, -0.25) is 4.90 Å². The van der Waals surface area contributed by atoms with Gasteiger partial charge in [0, 0.05) is 5.92 Å². The summed E-state index contributed by atoms with van der Waals surface area (Å²) in [5, 5.41) is 9.26. The van der Waals surface area contributed by atoms with Crippen LogP contribution in [0, 0.1) is 5.92 Å². The number of ether oxygens (including phenoxy) is 1. The summed E-state index contributed by atoms with van der Waals surface area (Å²) in [6, 6.07) is 8.39. The number of amides is 1. The van der Waals surface area contributed by atoms with Crippen LogP contribution in [0.25, 0.3) is 0 Å². The minimum atomic E-state index is -0.974. The van der Waals surface area contributed by atoms with E-state index in [9.17, 15) is 14.7 Å². The molecule has 20 heavy (non-hydrogen) atoms. The monoisotopic (exact) mass is 273 g/mol. The molecule has 1 amide bonds. The van der Waals surface area contributed by atoms with Crippen molar-refractivity contribution in [1.29, 1.82) is 0 Å². The van der Waals surface area contributed by atoms with Crippen LogP contribution in [0.4, 0.5) is 4.79 Å². The first-order valence-corrected chi connectivity index (χ1v) is 6.57. The maximum atomic E-state index is 12.1. The van der Waals surface area contributed by atoms with Crippen molar-refractivity contribution < 1.29 is 19.4 Å². The zero-order valence-electron chi connectivity index (χ0n) is 10.8. The summed E-state index contributed by atoms with van der Waals surface area (Å²) in [7, 11) is 0. The van der Waals surface area contributed by atoms with Crippen LogP contribution in [0.5, 0.6) is 0 Å². The second-order valence-electron chi connectivity index (χ2n) is 5.08. The summed E-state index contributed by atoms with van der Waals surface area (Å²) in [5.41, 5.74) is 0.882. The predicted molar refractivity (Wildman–Crippen MR) is 70.9 cm³/mol. The molecule has 1 saturated heterocycles. The molecule has 1 aliphatic heterocycles. The number of hydrogen-bond donors (Lipinski definition) is 1. The molecule has 1 heterocycles. The van der Waals surface area contributed by atoms with Crippen LogP contribution in [0.1, 0.15) is 12.0 Å². The zero-order valence-corrected chi connectivity index (χ0v) is 10.8. The van der Waals surface area contributed by atoms with Crippen LogP contribution in [0.2, 0.25) is 0 Å². The van der Waals surface area contributed by atoms with Crippen LogP contribution in [-0.4, -0.2) is 34.2 Å². The molecule has 1 aromatic rings. The highest BCUT2D eigenvalue weighted by Gasteiger charge is 2.49. The summed E-state index contributed by atoms with van der Waals surface area (Å²) in [5.74, 6) is -1.07. The van der Waals surface area contributed by atoms with Gasteiger partial charge in [0.05, 0.1) is 6.04 Å². The van der Waals surface area contributed by atoms with E-state index in [1.54, 1.807) is 0 Å². The number of carbonyl (C=O) groups excluding carboxylic acids is 1. The highest BCUT2D eigenvalue weighted by Crippen LogP contribution is 2.37. The average Bonchev–Trinajstić information content (AvgIpc) is 3.06. The van der Waals surface area contributed by atoms with Crippen molar-refractivity contribution in [2.75, 3.05) is 0 Å². The zero-order chi connectivity index (χ0) is 14.1.